The van der Waals surface area contributed by atoms with Crippen LogP contribution in [0.15, 0.2) is 46.1 Å². The average Bonchev–Trinajstić information content (AvgIpc) is 3.89. The lowest BCUT2D eigenvalue weighted by Gasteiger charge is -2.23. The summed E-state index contributed by atoms with van der Waals surface area (Å²) in [5.41, 5.74) is 4.86. The second-order valence-electron chi connectivity index (χ2n) is 13.3. The lowest BCUT2D eigenvalue weighted by atomic mass is 9.89. The molecule has 5 aromatic heterocycles. The molecule has 0 saturated carbocycles. The zero-order valence-electron chi connectivity index (χ0n) is 27.2. The molecule has 0 spiro atoms. The van der Waals surface area contributed by atoms with Gasteiger partial charge >= 0.3 is 6.01 Å². The fourth-order valence-electron chi connectivity index (χ4n) is 7.45. The van der Waals surface area contributed by atoms with Crippen LogP contribution in [-0.2, 0) is 27.4 Å². The van der Waals surface area contributed by atoms with Crippen molar-refractivity contribution in [3.05, 3.63) is 59.3 Å². The van der Waals surface area contributed by atoms with E-state index in [4.69, 9.17) is 24.0 Å². The fourth-order valence-corrected chi connectivity index (χ4v) is 10.9. The molecule has 0 aromatic carbocycles. The molecule has 250 valence electrons. The van der Waals surface area contributed by atoms with Gasteiger partial charge in [0.1, 0.15) is 5.82 Å². The predicted molar refractivity (Wildman–Crippen MR) is 183 cm³/mol. The molecule has 0 amide bonds. The van der Waals surface area contributed by atoms with Crippen molar-refractivity contribution in [2.45, 2.75) is 69.2 Å². The van der Waals surface area contributed by atoms with Crippen LogP contribution in [-0.4, -0.2) is 59.6 Å². The Labute approximate surface area is 283 Å². The van der Waals surface area contributed by atoms with Gasteiger partial charge in [0, 0.05) is 47.7 Å². The standard InChI is InChI=1S/C35H38N6O5S2/c1-19(2)23-18-48(42,43)32-29(27-17-21-10-14-37-33(31(21)47-27)39-25-9-8-24-22(25)5-4-13-36-24)28(34-40-35(44-3)41-46-34)26(38-30(23)32)7-6-20-11-15-45-16-12-20/h4-5,10,13-14,17,19-20,23,25H,6-9,11-12,15-16,18H2,1-3H3,(H,37,39)/t23?,25-/m1/s1. The maximum absolute atomic E-state index is 14.2. The summed E-state index contributed by atoms with van der Waals surface area (Å²) in [5, 5.41) is 8.67. The van der Waals surface area contributed by atoms with Crippen molar-refractivity contribution in [3.63, 3.8) is 0 Å². The van der Waals surface area contributed by atoms with Gasteiger partial charge in [0.15, 0.2) is 9.84 Å². The Morgan fingerprint density at radius 3 is 2.73 bits per heavy atom. The first-order chi connectivity index (χ1) is 23.3. The molecule has 48 heavy (non-hydrogen) atoms. The first-order valence-electron chi connectivity index (χ1n) is 16.6. The number of fused-ring (bicyclic) bond motifs is 3. The predicted octanol–water partition coefficient (Wildman–Crippen LogP) is 6.80. The average molecular weight is 687 g/mol. The highest BCUT2D eigenvalue weighted by atomic mass is 32.2. The summed E-state index contributed by atoms with van der Waals surface area (Å²) in [4.78, 5) is 20.1. The molecule has 0 bridgehead atoms. The van der Waals surface area contributed by atoms with Crippen LogP contribution in [0.1, 0.15) is 74.1 Å². The van der Waals surface area contributed by atoms with E-state index >= 15 is 0 Å². The van der Waals surface area contributed by atoms with Crippen molar-refractivity contribution in [2.24, 2.45) is 11.8 Å². The van der Waals surface area contributed by atoms with Crippen molar-refractivity contribution in [2.75, 3.05) is 31.4 Å². The van der Waals surface area contributed by atoms with E-state index in [1.807, 2.05) is 18.3 Å². The molecule has 3 aliphatic rings. The van der Waals surface area contributed by atoms with E-state index in [1.54, 1.807) is 6.20 Å². The molecule has 1 saturated heterocycles. The Kier molecular flexibility index (Phi) is 8.16. The van der Waals surface area contributed by atoms with E-state index in [-0.39, 0.29) is 40.4 Å². The SMILES string of the molecule is COc1noc(-c2c(CCC3CCOCC3)nc3c(c2-c2cc4ccnc(N[C@@H]5CCc6ncccc65)c4s2)S(=O)(=O)CC3C(C)C)n1. The van der Waals surface area contributed by atoms with Crippen molar-refractivity contribution >= 4 is 37.1 Å². The minimum Gasteiger partial charge on any atom is -0.465 e. The molecule has 2 aliphatic heterocycles. The molecule has 8 rings (SSSR count). The van der Waals surface area contributed by atoms with Crippen LogP contribution >= 0.6 is 11.3 Å². The lowest BCUT2D eigenvalue weighted by molar-refractivity contribution is 0.0639. The molecule has 2 atom stereocenters. The first kappa shape index (κ1) is 31.3. The fraction of sp³-hybridized carbons (Fsp3) is 0.457. The van der Waals surface area contributed by atoms with E-state index in [9.17, 15) is 8.42 Å². The van der Waals surface area contributed by atoms with Gasteiger partial charge in [0.05, 0.1) is 45.5 Å². The first-order valence-corrected chi connectivity index (χ1v) is 19.1. The highest BCUT2D eigenvalue weighted by Gasteiger charge is 2.43. The van der Waals surface area contributed by atoms with E-state index in [1.165, 1.54) is 24.0 Å². The van der Waals surface area contributed by atoms with Crippen molar-refractivity contribution in [1.82, 2.24) is 25.1 Å². The van der Waals surface area contributed by atoms with E-state index in [0.717, 1.165) is 77.5 Å². The highest BCUT2D eigenvalue weighted by Crippen LogP contribution is 2.51. The van der Waals surface area contributed by atoms with Crippen molar-refractivity contribution in [1.29, 1.82) is 0 Å². The summed E-state index contributed by atoms with van der Waals surface area (Å²) in [6, 6.07) is 8.29. The number of aromatic nitrogens is 5. The minimum atomic E-state index is -3.69. The van der Waals surface area contributed by atoms with E-state index in [2.05, 4.69) is 46.4 Å². The van der Waals surface area contributed by atoms with Crippen LogP contribution in [0.5, 0.6) is 6.01 Å². The van der Waals surface area contributed by atoms with Gasteiger partial charge in [-0.1, -0.05) is 19.9 Å². The monoisotopic (exact) mass is 686 g/mol. The number of hydrogen-bond donors (Lipinski definition) is 1. The number of thiophene rings is 1. The number of pyridine rings is 3. The highest BCUT2D eigenvalue weighted by molar-refractivity contribution is 7.92. The van der Waals surface area contributed by atoms with Gasteiger partial charge in [-0.3, -0.25) is 9.97 Å². The molecule has 1 N–H and O–H groups in total. The van der Waals surface area contributed by atoms with Crippen LogP contribution in [0, 0.1) is 11.8 Å². The summed E-state index contributed by atoms with van der Waals surface area (Å²) in [5.74, 6) is 1.34. The van der Waals surface area contributed by atoms with Crippen LogP contribution in [0.3, 0.4) is 0 Å². The topological polar surface area (TPSA) is 142 Å². The molecular formula is C35H38N6O5S2. The van der Waals surface area contributed by atoms with Gasteiger partial charge in [0.25, 0.3) is 5.89 Å². The quantitative estimate of drug-likeness (QED) is 0.175. The number of nitrogens with one attached hydrogen (secondary N) is 1. The van der Waals surface area contributed by atoms with Gasteiger partial charge in [-0.05, 0) is 84.7 Å². The molecule has 0 radical (unpaired) electrons. The second-order valence-corrected chi connectivity index (χ2v) is 16.3. The van der Waals surface area contributed by atoms with Crippen LogP contribution in [0.2, 0.25) is 0 Å². The molecule has 5 aromatic rings. The van der Waals surface area contributed by atoms with E-state index < -0.39 is 9.84 Å². The third-order valence-electron chi connectivity index (χ3n) is 10.0. The van der Waals surface area contributed by atoms with Crippen LogP contribution < -0.4 is 10.1 Å². The number of hydrogen-bond acceptors (Lipinski definition) is 12. The summed E-state index contributed by atoms with van der Waals surface area (Å²) >= 11 is 1.52. The molecule has 1 aliphatic carbocycles. The van der Waals surface area contributed by atoms with Gasteiger partial charge in [-0.25, -0.2) is 13.4 Å². The zero-order chi connectivity index (χ0) is 33.0. The summed E-state index contributed by atoms with van der Waals surface area (Å²) in [6.45, 7) is 5.64. The summed E-state index contributed by atoms with van der Waals surface area (Å²) < 4.78 is 46.0. The van der Waals surface area contributed by atoms with Crippen molar-refractivity contribution < 1.29 is 22.4 Å². The minimum absolute atomic E-state index is 0.0182. The van der Waals surface area contributed by atoms with Gasteiger partial charge in [0.2, 0.25) is 0 Å². The molecule has 11 nitrogen and oxygen atoms in total. The number of aryl methyl sites for hydroxylation is 2. The summed E-state index contributed by atoms with van der Waals surface area (Å²) in [6.07, 6.45) is 8.99. The van der Waals surface area contributed by atoms with Crippen molar-refractivity contribution in [3.8, 4) is 27.9 Å². The maximum Gasteiger partial charge on any atom is 0.354 e. The zero-order valence-corrected chi connectivity index (χ0v) is 28.9. The Hall–Kier alpha value is -3.94. The Morgan fingerprint density at radius 2 is 1.94 bits per heavy atom. The number of rotatable bonds is 9. The lowest BCUT2D eigenvalue weighted by Crippen LogP contribution is -2.17. The molecule has 7 heterocycles. The normalized spacial score (nSPS) is 20.3. The van der Waals surface area contributed by atoms with Gasteiger partial charge < -0.3 is 19.3 Å². The number of anilines is 1. The molecule has 1 unspecified atom stereocenters. The third kappa shape index (κ3) is 5.55. The Bertz CT molecular complexity index is 2100. The van der Waals surface area contributed by atoms with Gasteiger partial charge in [-0.15, -0.1) is 11.3 Å². The number of sulfone groups is 1. The molecular weight excluding hydrogens is 649 g/mol. The van der Waals surface area contributed by atoms with Crippen LogP contribution in [0.4, 0.5) is 5.82 Å². The Morgan fingerprint density at radius 1 is 1.08 bits per heavy atom. The maximum atomic E-state index is 14.2. The number of nitrogens with zero attached hydrogens (tertiary/aromatic N) is 5. The number of methoxy groups -OCH3 is 1. The largest absolute Gasteiger partial charge is 0.465 e. The number of ether oxygens (including phenoxy) is 2. The molecule has 13 heteroatoms. The van der Waals surface area contributed by atoms with Crippen LogP contribution in [0.25, 0.3) is 32.0 Å². The van der Waals surface area contributed by atoms with Gasteiger partial charge in [-0.2, -0.15) is 4.98 Å². The van der Waals surface area contributed by atoms with E-state index in [0.29, 0.717) is 29.2 Å². The smallest absolute Gasteiger partial charge is 0.354 e. The third-order valence-corrected chi connectivity index (χ3v) is 13.0. The second kappa shape index (κ2) is 12.5. The summed E-state index contributed by atoms with van der Waals surface area (Å²) in [7, 11) is -2.21. The molecule has 1 fully saturated rings. The Balaban J connectivity index is 1.32.